The van der Waals surface area contributed by atoms with Gasteiger partial charge in [0.15, 0.2) is 11.5 Å². The molecule has 1 N–H and O–H groups in total. The number of hydrogen-bond acceptors (Lipinski definition) is 6. The minimum absolute atomic E-state index is 0.182. The number of nitrogens with zero attached hydrogens (tertiary/aromatic N) is 1. The average Bonchev–Trinajstić information content (AvgIpc) is 2.67. The van der Waals surface area contributed by atoms with E-state index in [0.29, 0.717) is 40.3 Å². The summed E-state index contributed by atoms with van der Waals surface area (Å²) in [5, 5.41) is 3.21. The van der Waals surface area contributed by atoms with Crippen molar-refractivity contribution in [2.75, 3.05) is 47.3 Å². The fourth-order valence-corrected chi connectivity index (χ4v) is 2.98. The summed E-state index contributed by atoms with van der Waals surface area (Å²) < 4.78 is 21.0. The normalized spacial score (nSPS) is 10.5. The Bertz CT molecular complexity index is 828. The molecule has 0 spiro atoms. The van der Waals surface area contributed by atoms with Crippen molar-refractivity contribution < 1.29 is 23.7 Å². The van der Waals surface area contributed by atoms with Crippen molar-refractivity contribution in [3.05, 3.63) is 40.9 Å². The van der Waals surface area contributed by atoms with E-state index < -0.39 is 0 Å². The van der Waals surface area contributed by atoms with Crippen molar-refractivity contribution in [1.29, 1.82) is 0 Å². The molecule has 7 nitrogen and oxygen atoms in total. The van der Waals surface area contributed by atoms with Crippen molar-refractivity contribution in [2.45, 2.75) is 6.54 Å². The van der Waals surface area contributed by atoms with Gasteiger partial charge in [0.05, 0.1) is 45.7 Å². The largest absolute Gasteiger partial charge is 0.495 e. The second-order valence-corrected chi connectivity index (χ2v) is 6.50. The summed E-state index contributed by atoms with van der Waals surface area (Å²) >= 11 is 6.14. The molecule has 0 radical (unpaired) electrons. The van der Waals surface area contributed by atoms with Crippen LogP contribution in [0, 0.1) is 0 Å². The monoisotopic (exact) mass is 408 g/mol. The number of benzene rings is 2. The number of amides is 1. The van der Waals surface area contributed by atoms with Crippen molar-refractivity contribution in [3.8, 4) is 23.0 Å². The number of ether oxygens (including phenoxy) is 4. The first-order valence-corrected chi connectivity index (χ1v) is 8.90. The highest BCUT2D eigenvalue weighted by Gasteiger charge is 2.14. The van der Waals surface area contributed by atoms with Gasteiger partial charge in [0, 0.05) is 12.6 Å². The Morgan fingerprint density at radius 1 is 0.929 bits per heavy atom. The molecule has 0 atom stereocenters. The molecule has 0 aliphatic rings. The lowest BCUT2D eigenvalue weighted by molar-refractivity contribution is -0.117. The first-order chi connectivity index (χ1) is 13.4. The summed E-state index contributed by atoms with van der Waals surface area (Å²) in [4.78, 5) is 14.3. The number of nitrogens with one attached hydrogen (secondary N) is 1. The predicted octanol–water partition coefficient (Wildman–Crippen LogP) is 3.44. The van der Waals surface area contributed by atoms with Crippen LogP contribution in [0.5, 0.6) is 23.0 Å². The third kappa shape index (κ3) is 5.43. The fourth-order valence-electron chi connectivity index (χ4n) is 2.74. The summed E-state index contributed by atoms with van der Waals surface area (Å²) in [6.07, 6.45) is 0. The van der Waals surface area contributed by atoms with Crippen molar-refractivity contribution >= 4 is 23.2 Å². The molecule has 0 saturated heterocycles. The van der Waals surface area contributed by atoms with E-state index in [1.54, 1.807) is 26.4 Å². The minimum Gasteiger partial charge on any atom is -0.495 e. The quantitative estimate of drug-likeness (QED) is 0.685. The van der Waals surface area contributed by atoms with Gasteiger partial charge in [0.1, 0.15) is 11.5 Å². The topological polar surface area (TPSA) is 69.3 Å². The summed E-state index contributed by atoms with van der Waals surface area (Å²) in [5.41, 5.74) is 1.48. The van der Waals surface area contributed by atoms with E-state index in [-0.39, 0.29) is 12.5 Å². The van der Waals surface area contributed by atoms with Crippen LogP contribution in [0.4, 0.5) is 5.69 Å². The number of methoxy groups -OCH3 is 4. The van der Waals surface area contributed by atoms with Gasteiger partial charge in [0.2, 0.25) is 5.91 Å². The second-order valence-electron chi connectivity index (χ2n) is 6.10. The summed E-state index contributed by atoms with van der Waals surface area (Å²) in [7, 11) is 8.07. The lowest BCUT2D eigenvalue weighted by atomic mass is 10.2. The summed E-state index contributed by atoms with van der Waals surface area (Å²) in [6.45, 7) is 0.745. The van der Waals surface area contributed by atoms with Crippen molar-refractivity contribution in [3.63, 3.8) is 0 Å². The highest BCUT2D eigenvalue weighted by atomic mass is 35.5. The molecule has 0 unspecified atom stereocenters. The number of halogens is 1. The van der Waals surface area contributed by atoms with Gasteiger partial charge in [-0.05, 0) is 30.8 Å². The van der Waals surface area contributed by atoms with Gasteiger partial charge in [-0.2, -0.15) is 0 Å². The summed E-state index contributed by atoms with van der Waals surface area (Å²) in [5.74, 6) is 2.06. The average molecular weight is 409 g/mol. The Morgan fingerprint density at radius 2 is 1.57 bits per heavy atom. The molecule has 1 amide bonds. The van der Waals surface area contributed by atoms with Gasteiger partial charge >= 0.3 is 0 Å². The smallest absolute Gasteiger partial charge is 0.238 e. The van der Waals surface area contributed by atoms with E-state index in [2.05, 4.69) is 5.32 Å². The van der Waals surface area contributed by atoms with Gasteiger partial charge in [-0.15, -0.1) is 0 Å². The molecule has 8 heteroatoms. The molecule has 0 fully saturated rings. The molecule has 0 heterocycles. The Labute approximate surface area is 170 Å². The van der Waals surface area contributed by atoms with E-state index >= 15 is 0 Å². The summed E-state index contributed by atoms with van der Waals surface area (Å²) in [6, 6.07) is 8.89. The Hall–Kier alpha value is -2.64. The van der Waals surface area contributed by atoms with Gasteiger partial charge < -0.3 is 24.3 Å². The lowest BCUT2D eigenvalue weighted by Crippen LogP contribution is -2.30. The van der Waals surface area contributed by atoms with E-state index in [1.165, 1.54) is 14.2 Å². The van der Waals surface area contributed by atoms with Gasteiger partial charge in [-0.1, -0.05) is 17.7 Å². The molecule has 0 aliphatic heterocycles. The zero-order valence-electron chi connectivity index (χ0n) is 16.7. The van der Waals surface area contributed by atoms with Gasteiger partial charge in [-0.25, -0.2) is 0 Å². The number of likely N-dealkylation sites (N-methyl/N-ethyl adjacent to an activating group) is 1. The second kappa shape index (κ2) is 10.1. The first kappa shape index (κ1) is 21.7. The number of anilines is 1. The van der Waals surface area contributed by atoms with E-state index in [4.69, 9.17) is 30.5 Å². The Balaban J connectivity index is 2.02. The number of carbonyl (C=O) groups is 1. The molecule has 2 aromatic rings. The standard InChI is InChI=1S/C20H25ClN2O5/c1-23(11-13-6-7-16(25-2)19(8-13)28-5)12-20(24)22-15-9-14(21)17(26-3)10-18(15)27-4/h6-10H,11-12H2,1-5H3,(H,22,24). The van der Waals surface area contributed by atoms with Crippen LogP contribution in [0.3, 0.4) is 0 Å². The molecule has 2 rings (SSSR count). The minimum atomic E-state index is -0.192. The van der Waals surface area contributed by atoms with Crippen LogP contribution >= 0.6 is 11.6 Å². The molecule has 28 heavy (non-hydrogen) atoms. The van der Waals surface area contributed by atoms with Crippen LogP contribution in [0.15, 0.2) is 30.3 Å². The third-order valence-corrected chi connectivity index (χ3v) is 4.36. The van der Waals surface area contributed by atoms with Crippen molar-refractivity contribution in [2.24, 2.45) is 0 Å². The highest BCUT2D eigenvalue weighted by molar-refractivity contribution is 6.32. The number of hydrogen-bond donors (Lipinski definition) is 1. The molecular weight excluding hydrogens is 384 g/mol. The van der Waals surface area contributed by atoms with Crippen molar-refractivity contribution in [1.82, 2.24) is 4.90 Å². The lowest BCUT2D eigenvalue weighted by Gasteiger charge is -2.18. The number of carbonyl (C=O) groups excluding carboxylic acids is 1. The Morgan fingerprint density at radius 3 is 2.18 bits per heavy atom. The number of rotatable bonds is 9. The highest BCUT2D eigenvalue weighted by Crippen LogP contribution is 2.35. The molecule has 0 aliphatic carbocycles. The molecule has 152 valence electrons. The van der Waals surface area contributed by atoms with E-state index in [9.17, 15) is 4.79 Å². The maximum absolute atomic E-state index is 12.4. The van der Waals surface area contributed by atoms with Crippen LogP contribution in [0.2, 0.25) is 5.02 Å². The maximum atomic E-state index is 12.4. The van der Waals surface area contributed by atoms with Crippen LogP contribution in [0.1, 0.15) is 5.56 Å². The zero-order valence-corrected chi connectivity index (χ0v) is 17.4. The fraction of sp³-hybridized carbons (Fsp3) is 0.350. The molecule has 0 saturated carbocycles. The van der Waals surface area contributed by atoms with E-state index in [0.717, 1.165) is 5.56 Å². The predicted molar refractivity (Wildman–Crippen MR) is 109 cm³/mol. The third-order valence-electron chi connectivity index (χ3n) is 4.06. The van der Waals surface area contributed by atoms with Crippen LogP contribution < -0.4 is 24.3 Å². The SMILES string of the molecule is COc1cc(OC)c(NC(=O)CN(C)Cc2ccc(OC)c(OC)c2)cc1Cl. The zero-order chi connectivity index (χ0) is 20.7. The van der Waals surface area contributed by atoms with Crippen LogP contribution in [-0.4, -0.2) is 52.8 Å². The van der Waals surface area contributed by atoms with Gasteiger partial charge in [0.25, 0.3) is 0 Å². The molecule has 0 aromatic heterocycles. The first-order valence-electron chi connectivity index (χ1n) is 8.52. The Kier molecular flexibility index (Phi) is 7.78. The molecule has 0 bridgehead atoms. The molecule has 2 aromatic carbocycles. The van der Waals surface area contributed by atoms with Gasteiger partial charge in [-0.3, -0.25) is 9.69 Å². The maximum Gasteiger partial charge on any atom is 0.238 e. The van der Waals surface area contributed by atoms with E-state index in [1.807, 2.05) is 30.1 Å². The molecular formula is C20H25ClN2O5. The van der Waals surface area contributed by atoms with Crippen LogP contribution in [0.25, 0.3) is 0 Å². The van der Waals surface area contributed by atoms with Crippen LogP contribution in [-0.2, 0) is 11.3 Å².